The molecule has 0 saturated carbocycles. The fraction of sp³-hybridized carbons (Fsp3) is 0.579. The van der Waals surface area contributed by atoms with Crippen molar-refractivity contribution in [1.29, 1.82) is 0 Å². The Morgan fingerprint density at radius 1 is 1.36 bits per heavy atom. The highest BCUT2D eigenvalue weighted by molar-refractivity contribution is 5.66. The van der Waals surface area contributed by atoms with Crippen LogP contribution in [0.1, 0.15) is 41.4 Å². The zero-order chi connectivity index (χ0) is 17.7. The number of benzene rings is 1. The third kappa shape index (κ3) is 2.52. The van der Waals surface area contributed by atoms with Crippen LogP contribution in [0.2, 0.25) is 0 Å². The van der Waals surface area contributed by atoms with Gasteiger partial charge in [0, 0.05) is 48.7 Å². The van der Waals surface area contributed by atoms with Crippen LogP contribution in [0.5, 0.6) is 5.75 Å². The van der Waals surface area contributed by atoms with Crippen LogP contribution in [0.4, 0.5) is 0 Å². The first-order valence-corrected chi connectivity index (χ1v) is 8.36. The molecule has 4 rings (SSSR count). The van der Waals surface area contributed by atoms with Crippen molar-refractivity contribution in [3.05, 3.63) is 35.4 Å². The predicted octanol–water partition coefficient (Wildman–Crippen LogP) is 3.06. The second-order valence-electron chi connectivity index (χ2n) is 7.11. The molecule has 0 aliphatic carbocycles. The second kappa shape index (κ2) is 5.31. The van der Waals surface area contributed by atoms with Crippen LogP contribution in [0.15, 0.2) is 24.3 Å². The maximum Gasteiger partial charge on any atom is 0.123 e. The molecule has 1 spiro atoms. The van der Waals surface area contributed by atoms with E-state index in [0.717, 1.165) is 38.0 Å². The average Bonchev–Trinajstić information content (AvgIpc) is 2.91. The molecule has 1 atom stereocenters. The van der Waals surface area contributed by atoms with Crippen molar-refractivity contribution >= 4 is 5.70 Å². The minimum Gasteiger partial charge on any atom is -0.487 e. The van der Waals surface area contributed by atoms with Crippen molar-refractivity contribution < 1.29 is 8.85 Å². The molecule has 3 aliphatic heterocycles. The average molecular weight is 301 g/mol. The second-order valence-corrected chi connectivity index (χ2v) is 7.11. The topological polar surface area (TPSA) is 24.5 Å². The van der Waals surface area contributed by atoms with Crippen molar-refractivity contribution in [2.45, 2.75) is 38.2 Å². The van der Waals surface area contributed by atoms with Crippen LogP contribution in [0.25, 0.3) is 5.70 Å². The van der Waals surface area contributed by atoms with Gasteiger partial charge in [-0.05, 0) is 48.6 Å². The van der Waals surface area contributed by atoms with E-state index < -0.39 is 6.98 Å². The standard InChI is InChI=1S/C19H26N2O/c1-14-3-5-17(20-13-14)15-4-6-18-16(11-15)12-19(22-18)7-9-21(2)10-8-19/h4-6,11,14,20H,3,7-10,12-13H2,1-2H3/t14-/m0/s1/i2D3. The number of likely N-dealkylation sites (tertiary alicyclic amines) is 1. The molecule has 1 aromatic carbocycles. The summed E-state index contributed by atoms with van der Waals surface area (Å²) in [6, 6.07) is 6.45. The molecule has 3 aliphatic rings. The SMILES string of the molecule is [2H]C([2H])([2H])N1CCC2(CC1)Cc1cc(C3=CC[C@H](C)CN3)ccc1O2. The van der Waals surface area contributed by atoms with Gasteiger partial charge >= 0.3 is 0 Å². The van der Waals surface area contributed by atoms with E-state index in [2.05, 4.69) is 36.5 Å². The summed E-state index contributed by atoms with van der Waals surface area (Å²) in [6.45, 7) is 2.43. The number of hydrogen-bond donors (Lipinski definition) is 1. The van der Waals surface area contributed by atoms with E-state index in [-0.39, 0.29) is 5.60 Å². The first kappa shape index (κ1) is 11.1. The van der Waals surface area contributed by atoms with E-state index in [0.29, 0.717) is 19.0 Å². The van der Waals surface area contributed by atoms with Crippen molar-refractivity contribution in [3.8, 4) is 5.75 Å². The van der Waals surface area contributed by atoms with Crippen LogP contribution >= 0.6 is 0 Å². The molecule has 0 radical (unpaired) electrons. The molecule has 3 heteroatoms. The van der Waals surface area contributed by atoms with Gasteiger partial charge in [-0.15, -0.1) is 0 Å². The highest BCUT2D eigenvalue weighted by Gasteiger charge is 2.41. The van der Waals surface area contributed by atoms with Crippen LogP contribution in [-0.2, 0) is 6.42 Å². The van der Waals surface area contributed by atoms with Crippen LogP contribution in [0.3, 0.4) is 0 Å². The van der Waals surface area contributed by atoms with Crippen molar-refractivity contribution in [2.75, 3.05) is 26.6 Å². The van der Waals surface area contributed by atoms with Crippen molar-refractivity contribution in [1.82, 2.24) is 10.2 Å². The van der Waals surface area contributed by atoms with Crippen molar-refractivity contribution in [2.24, 2.45) is 5.92 Å². The molecule has 1 N–H and O–H groups in total. The number of allylic oxidation sites excluding steroid dienone is 1. The third-order valence-electron chi connectivity index (χ3n) is 5.25. The van der Waals surface area contributed by atoms with Gasteiger partial charge in [0.05, 0.1) is 0 Å². The van der Waals surface area contributed by atoms with Crippen LogP contribution < -0.4 is 10.1 Å². The van der Waals surface area contributed by atoms with Gasteiger partial charge in [0.25, 0.3) is 0 Å². The fourth-order valence-corrected chi connectivity index (χ4v) is 3.77. The molecular weight excluding hydrogens is 272 g/mol. The Hall–Kier alpha value is -1.48. The zero-order valence-electron chi connectivity index (χ0n) is 16.2. The van der Waals surface area contributed by atoms with E-state index >= 15 is 0 Å². The Labute approximate surface area is 137 Å². The van der Waals surface area contributed by atoms with Crippen molar-refractivity contribution in [3.63, 3.8) is 0 Å². The lowest BCUT2D eigenvalue weighted by Crippen LogP contribution is -2.45. The Balaban J connectivity index is 1.48. The number of rotatable bonds is 1. The van der Waals surface area contributed by atoms with Gasteiger partial charge in [0.1, 0.15) is 11.4 Å². The molecule has 22 heavy (non-hydrogen) atoms. The van der Waals surface area contributed by atoms with E-state index in [1.165, 1.54) is 16.8 Å². The highest BCUT2D eigenvalue weighted by atomic mass is 16.5. The van der Waals surface area contributed by atoms with E-state index in [9.17, 15) is 0 Å². The van der Waals surface area contributed by atoms with Gasteiger partial charge in [0.2, 0.25) is 0 Å². The lowest BCUT2D eigenvalue weighted by molar-refractivity contribution is 0.0271. The predicted molar refractivity (Wildman–Crippen MR) is 90.0 cm³/mol. The van der Waals surface area contributed by atoms with Crippen LogP contribution in [-0.4, -0.2) is 37.1 Å². The summed E-state index contributed by atoms with van der Waals surface area (Å²) in [4.78, 5) is 1.59. The summed E-state index contributed by atoms with van der Waals surface area (Å²) < 4.78 is 29.0. The molecule has 3 heterocycles. The molecule has 1 saturated heterocycles. The first-order valence-electron chi connectivity index (χ1n) is 9.86. The summed E-state index contributed by atoms with van der Waals surface area (Å²) in [7, 11) is 0. The number of nitrogens with one attached hydrogen (secondary N) is 1. The van der Waals surface area contributed by atoms with Gasteiger partial charge in [-0.25, -0.2) is 0 Å². The number of piperidine rings is 1. The van der Waals surface area contributed by atoms with E-state index in [4.69, 9.17) is 8.85 Å². The Morgan fingerprint density at radius 3 is 2.95 bits per heavy atom. The molecule has 1 aromatic rings. The number of nitrogens with zero attached hydrogens (tertiary/aromatic N) is 1. The van der Waals surface area contributed by atoms with Gasteiger partial charge in [-0.2, -0.15) is 0 Å². The number of fused-ring (bicyclic) bond motifs is 1. The maximum atomic E-state index is 7.58. The summed E-state index contributed by atoms with van der Waals surface area (Å²) in [5.74, 6) is 1.66. The van der Waals surface area contributed by atoms with Gasteiger partial charge < -0.3 is 15.0 Å². The quantitative estimate of drug-likeness (QED) is 0.863. The fourth-order valence-electron chi connectivity index (χ4n) is 3.77. The largest absolute Gasteiger partial charge is 0.487 e. The lowest BCUT2D eigenvalue weighted by Gasteiger charge is -2.37. The summed E-state index contributed by atoms with van der Waals surface area (Å²) in [5.41, 5.74) is 3.48. The number of hydrogen-bond acceptors (Lipinski definition) is 3. The molecule has 1 fully saturated rings. The van der Waals surface area contributed by atoms with Gasteiger partial charge in [0.15, 0.2) is 0 Å². The minimum atomic E-state index is -1.99. The summed E-state index contributed by atoms with van der Waals surface area (Å²) in [5, 5.41) is 3.52. The third-order valence-corrected chi connectivity index (χ3v) is 5.25. The lowest BCUT2D eigenvalue weighted by atomic mass is 9.87. The molecule has 0 aromatic heterocycles. The van der Waals surface area contributed by atoms with Crippen LogP contribution in [0, 0.1) is 5.92 Å². The molecule has 0 unspecified atom stereocenters. The normalized spacial score (nSPS) is 29.6. The van der Waals surface area contributed by atoms with Gasteiger partial charge in [-0.1, -0.05) is 13.0 Å². The molecule has 0 amide bonds. The first-order chi connectivity index (χ1) is 11.8. The smallest absolute Gasteiger partial charge is 0.123 e. The van der Waals surface area contributed by atoms with Gasteiger partial charge in [-0.3, -0.25) is 0 Å². The molecule has 0 bridgehead atoms. The summed E-state index contributed by atoms with van der Waals surface area (Å²) in [6.07, 6.45) is 5.83. The Morgan fingerprint density at radius 2 is 2.23 bits per heavy atom. The molecule has 3 nitrogen and oxygen atoms in total. The molecule has 118 valence electrons. The monoisotopic (exact) mass is 301 g/mol. The number of ether oxygens (including phenoxy) is 1. The van der Waals surface area contributed by atoms with E-state index in [1.54, 1.807) is 4.90 Å². The minimum absolute atomic E-state index is 0.217. The summed E-state index contributed by atoms with van der Waals surface area (Å²) >= 11 is 0. The Bertz CT molecular complexity index is 690. The maximum absolute atomic E-state index is 7.58. The Kier molecular flexibility index (Phi) is 2.68. The van der Waals surface area contributed by atoms with E-state index in [1.807, 2.05) is 0 Å². The molecular formula is C19H26N2O. The zero-order valence-corrected chi connectivity index (χ0v) is 13.2. The highest BCUT2D eigenvalue weighted by Crippen LogP contribution is 2.41.